The predicted octanol–water partition coefficient (Wildman–Crippen LogP) is 5.25. The molecule has 2 unspecified atom stereocenters. The molecule has 74 heavy (non-hydrogen) atoms. The number of ether oxygens (including phenoxy) is 4. The number of anilines is 2. The molecule has 3 aliphatic rings. The Hall–Kier alpha value is -7.29. The number of aromatic nitrogens is 5. The molecule has 3 N–H and O–H groups in total. The molecule has 392 valence electrons. The second-order valence-electron chi connectivity index (χ2n) is 18.6. The number of carbonyl (C=O) groups is 5. The summed E-state index contributed by atoms with van der Waals surface area (Å²) in [5.41, 5.74) is 5.42. The van der Waals surface area contributed by atoms with Crippen molar-refractivity contribution in [3.05, 3.63) is 113 Å². The Labute approximate surface area is 431 Å². The Balaban J connectivity index is 0.602. The van der Waals surface area contributed by atoms with Crippen LogP contribution in [0.3, 0.4) is 0 Å². The molecular weight excluding hydrogens is 947 g/mol. The first-order chi connectivity index (χ1) is 36.1. The standard InChI is InChI=1S/C54H67N11O9/c1-38(58-52(68)40-11-7-12-42(32-40)56-35-48-60-61-51(62(48)2)46-19-20-55-37-57-46)39-10-8-13-44(34-39)74-27-6-4-3-5-25-71-28-30-73-31-29-72-26-9-14-50(67)64-23-21-63(22-24-64)43-15-16-45-41(33-43)36-65(54(45)70)47-17-18-49(66)59-53(47)69/h7-8,10-13,15-16,19-20,32-34,37-38,47,56H,3-6,9,14,17-18,21-31,35-36H2,1-2H3,(H,58,68)(H,59,66,69). The minimum absolute atomic E-state index is 0.117. The monoisotopic (exact) mass is 1010 g/mol. The highest BCUT2D eigenvalue weighted by atomic mass is 16.5. The normalized spacial score (nSPS) is 16.0. The number of amides is 5. The molecule has 0 radical (unpaired) electrons. The Kier molecular flexibility index (Phi) is 19.1. The van der Waals surface area contributed by atoms with E-state index in [4.69, 9.17) is 18.9 Å². The number of hydrogen-bond donors (Lipinski definition) is 3. The second-order valence-corrected chi connectivity index (χ2v) is 18.6. The molecule has 5 aromatic rings. The number of nitrogens with one attached hydrogen (secondary N) is 3. The van der Waals surface area contributed by atoms with Gasteiger partial charge in [0.05, 0.1) is 45.6 Å². The topological polar surface area (TPSA) is 225 Å². The van der Waals surface area contributed by atoms with Crippen molar-refractivity contribution in [3.8, 4) is 17.3 Å². The fourth-order valence-corrected chi connectivity index (χ4v) is 9.20. The van der Waals surface area contributed by atoms with Crippen LogP contribution in [0.25, 0.3) is 11.5 Å². The van der Waals surface area contributed by atoms with Crippen LogP contribution in [-0.2, 0) is 48.7 Å². The van der Waals surface area contributed by atoms with Crippen LogP contribution in [0, 0.1) is 0 Å². The predicted molar refractivity (Wildman–Crippen MR) is 275 cm³/mol. The van der Waals surface area contributed by atoms with E-state index in [0.29, 0.717) is 127 Å². The molecule has 5 amide bonds. The molecule has 20 heteroatoms. The number of carbonyl (C=O) groups excluding carboxylic acids is 5. The number of benzene rings is 3. The summed E-state index contributed by atoms with van der Waals surface area (Å²) in [5, 5.41) is 17.4. The van der Waals surface area contributed by atoms with Crippen LogP contribution >= 0.6 is 0 Å². The van der Waals surface area contributed by atoms with E-state index < -0.39 is 11.9 Å². The van der Waals surface area contributed by atoms with Crippen molar-refractivity contribution in [2.75, 3.05) is 82.6 Å². The van der Waals surface area contributed by atoms with Crippen molar-refractivity contribution in [1.82, 2.24) is 45.2 Å². The zero-order valence-electron chi connectivity index (χ0n) is 42.3. The minimum atomic E-state index is -0.638. The van der Waals surface area contributed by atoms with E-state index in [1.807, 2.05) is 84.1 Å². The molecule has 3 aliphatic heterocycles. The summed E-state index contributed by atoms with van der Waals surface area (Å²) in [6, 6.07) is 21.9. The summed E-state index contributed by atoms with van der Waals surface area (Å²) < 4.78 is 25.0. The number of imide groups is 1. The van der Waals surface area contributed by atoms with Crippen molar-refractivity contribution in [1.29, 1.82) is 0 Å². The van der Waals surface area contributed by atoms with Gasteiger partial charge in [-0.15, -0.1) is 10.2 Å². The number of rotatable bonds is 27. The molecule has 0 saturated carbocycles. The van der Waals surface area contributed by atoms with Crippen molar-refractivity contribution in [2.24, 2.45) is 7.05 Å². The summed E-state index contributed by atoms with van der Waals surface area (Å²) >= 11 is 0. The number of piperidine rings is 1. The SMILES string of the molecule is CC(NC(=O)c1cccc(NCc2nnc(-c3ccncn3)n2C)c1)c1cccc(OCCCCCCOCCOCCOCCCC(=O)N2CCN(c3ccc4c(c3)CN(C3CCC(=O)NC3=O)C4=O)CC2)c1. The van der Waals surface area contributed by atoms with Crippen molar-refractivity contribution >= 4 is 40.9 Å². The molecule has 0 spiro atoms. The average Bonchev–Trinajstić information content (AvgIpc) is 3.96. The Morgan fingerprint density at radius 3 is 2.34 bits per heavy atom. The summed E-state index contributed by atoms with van der Waals surface area (Å²) in [6.45, 7) is 9.03. The van der Waals surface area contributed by atoms with Gasteiger partial charge in [0.2, 0.25) is 17.7 Å². The van der Waals surface area contributed by atoms with E-state index in [0.717, 1.165) is 59.8 Å². The van der Waals surface area contributed by atoms with Crippen LogP contribution < -0.4 is 25.6 Å². The lowest BCUT2D eigenvalue weighted by Gasteiger charge is -2.36. The maximum Gasteiger partial charge on any atom is 0.255 e. The second kappa shape index (κ2) is 26.6. The Morgan fingerprint density at radius 2 is 1.57 bits per heavy atom. The molecule has 2 fully saturated rings. The number of hydrogen-bond acceptors (Lipinski definition) is 15. The molecule has 8 rings (SSSR count). The molecular formula is C54H67N11O9. The first kappa shape index (κ1) is 53.0. The number of piperazine rings is 1. The van der Waals surface area contributed by atoms with Gasteiger partial charge in [-0.25, -0.2) is 9.97 Å². The van der Waals surface area contributed by atoms with Gasteiger partial charge in [0, 0.05) is 94.5 Å². The minimum Gasteiger partial charge on any atom is -0.494 e. The highest BCUT2D eigenvalue weighted by Crippen LogP contribution is 2.31. The van der Waals surface area contributed by atoms with Crippen molar-refractivity contribution < 1.29 is 42.9 Å². The molecule has 2 saturated heterocycles. The maximum atomic E-state index is 13.3. The van der Waals surface area contributed by atoms with Gasteiger partial charge in [-0.3, -0.25) is 29.3 Å². The number of nitrogens with zero attached hydrogens (tertiary/aromatic N) is 8. The largest absolute Gasteiger partial charge is 0.494 e. The first-order valence-corrected chi connectivity index (χ1v) is 25.7. The van der Waals surface area contributed by atoms with Crippen molar-refractivity contribution in [2.45, 2.75) is 83.5 Å². The summed E-state index contributed by atoms with van der Waals surface area (Å²) in [4.78, 5) is 77.2. The lowest BCUT2D eigenvalue weighted by atomic mass is 10.0. The zero-order chi connectivity index (χ0) is 51.7. The first-order valence-electron chi connectivity index (χ1n) is 25.7. The van der Waals surface area contributed by atoms with Gasteiger partial charge in [0.25, 0.3) is 11.8 Å². The van der Waals surface area contributed by atoms with Crippen LogP contribution in [0.2, 0.25) is 0 Å². The molecule has 0 aliphatic carbocycles. The third-order valence-electron chi connectivity index (χ3n) is 13.4. The van der Waals surface area contributed by atoms with Crippen LogP contribution in [0.15, 0.2) is 85.3 Å². The molecule has 5 heterocycles. The Bertz CT molecular complexity index is 2690. The fraction of sp³-hybridized carbons (Fsp3) is 0.463. The van der Waals surface area contributed by atoms with Gasteiger partial charge in [-0.2, -0.15) is 0 Å². The summed E-state index contributed by atoms with van der Waals surface area (Å²) in [6.07, 6.45) is 8.72. The quantitative estimate of drug-likeness (QED) is 0.0451. The molecule has 20 nitrogen and oxygen atoms in total. The molecule has 2 aromatic heterocycles. The van der Waals surface area contributed by atoms with E-state index in [2.05, 4.69) is 41.0 Å². The van der Waals surface area contributed by atoms with E-state index in [1.54, 1.807) is 23.2 Å². The number of fused-ring (bicyclic) bond motifs is 1. The Morgan fingerprint density at radius 1 is 0.811 bits per heavy atom. The van der Waals surface area contributed by atoms with Crippen LogP contribution in [-0.4, -0.2) is 143 Å². The highest BCUT2D eigenvalue weighted by Gasteiger charge is 2.39. The lowest BCUT2D eigenvalue weighted by molar-refractivity contribution is -0.137. The highest BCUT2D eigenvalue weighted by molar-refractivity contribution is 6.05. The van der Waals surface area contributed by atoms with Crippen LogP contribution in [0.1, 0.15) is 102 Å². The average molecular weight is 1010 g/mol. The third-order valence-corrected chi connectivity index (χ3v) is 13.4. The smallest absolute Gasteiger partial charge is 0.255 e. The van der Waals surface area contributed by atoms with Gasteiger partial charge in [0.15, 0.2) is 11.6 Å². The van der Waals surface area contributed by atoms with Crippen molar-refractivity contribution in [3.63, 3.8) is 0 Å². The molecule has 0 bridgehead atoms. The van der Waals surface area contributed by atoms with Gasteiger partial charge in [-0.05, 0) is 105 Å². The zero-order valence-corrected chi connectivity index (χ0v) is 42.3. The van der Waals surface area contributed by atoms with E-state index >= 15 is 0 Å². The van der Waals surface area contributed by atoms with Gasteiger partial charge < -0.3 is 48.8 Å². The summed E-state index contributed by atoms with van der Waals surface area (Å²) in [5.74, 6) is 1.17. The van der Waals surface area contributed by atoms with E-state index in [9.17, 15) is 24.0 Å². The van der Waals surface area contributed by atoms with Gasteiger partial charge in [0.1, 0.15) is 23.8 Å². The summed E-state index contributed by atoms with van der Waals surface area (Å²) in [7, 11) is 1.89. The van der Waals surface area contributed by atoms with Crippen LogP contribution in [0.4, 0.5) is 11.4 Å². The van der Waals surface area contributed by atoms with E-state index in [-0.39, 0.29) is 36.1 Å². The van der Waals surface area contributed by atoms with Gasteiger partial charge >= 0.3 is 0 Å². The molecule has 3 aromatic carbocycles. The van der Waals surface area contributed by atoms with Crippen LogP contribution in [0.5, 0.6) is 5.75 Å². The lowest BCUT2D eigenvalue weighted by Crippen LogP contribution is -2.52. The fourth-order valence-electron chi connectivity index (χ4n) is 9.20. The number of unbranched alkanes of at least 4 members (excludes halogenated alkanes) is 3. The third kappa shape index (κ3) is 14.5. The van der Waals surface area contributed by atoms with Gasteiger partial charge in [-0.1, -0.05) is 24.6 Å². The van der Waals surface area contributed by atoms with E-state index in [1.165, 1.54) is 6.33 Å². The molecule has 2 atom stereocenters. The maximum absolute atomic E-state index is 13.3.